The van der Waals surface area contributed by atoms with Crippen molar-refractivity contribution in [3.8, 4) is 11.5 Å². The number of aromatic nitrogens is 3. The summed E-state index contributed by atoms with van der Waals surface area (Å²) in [6.07, 6.45) is 7.21. The summed E-state index contributed by atoms with van der Waals surface area (Å²) in [6, 6.07) is 5.93. The van der Waals surface area contributed by atoms with E-state index in [-0.39, 0.29) is 5.91 Å². The Kier molecular flexibility index (Phi) is 4.79. The van der Waals surface area contributed by atoms with Crippen molar-refractivity contribution in [1.29, 1.82) is 0 Å². The second-order valence-corrected chi connectivity index (χ2v) is 5.58. The minimum atomic E-state index is -0.192. The Hall–Kier alpha value is -2.83. The van der Waals surface area contributed by atoms with Gasteiger partial charge in [0.05, 0.1) is 20.8 Å². The lowest BCUT2D eigenvalue weighted by Crippen LogP contribution is -2.22. The minimum Gasteiger partial charge on any atom is -0.497 e. The van der Waals surface area contributed by atoms with Crippen molar-refractivity contribution >= 4 is 12.0 Å². The van der Waals surface area contributed by atoms with E-state index in [0.717, 1.165) is 24.2 Å². The van der Waals surface area contributed by atoms with Crippen molar-refractivity contribution in [3.05, 3.63) is 42.0 Å². The van der Waals surface area contributed by atoms with Crippen molar-refractivity contribution in [2.75, 3.05) is 14.2 Å². The summed E-state index contributed by atoms with van der Waals surface area (Å²) in [6.45, 7) is 0.362. The molecule has 3 rings (SSSR count). The molecule has 1 saturated carbocycles. The molecule has 0 radical (unpaired) electrons. The van der Waals surface area contributed by atoms with Crippen LogP contribution in [0.1, 0.15) is 30.3 Å². The Bertz CT molecular complexity index is 728. The SMILES string of the molecule is COc1cc(C=CC(=O)NCc2nncn2C2CC2)cc(OC)c1. The summed E-state index contributed by atoms with van der Waals surface area (Å²) in [5, 5.41) is 10.8. The van der Waals surface area contributed by atoms with Gasteiger partial charge in [-0.1, -0.05) is 0 Å². The average molecular weight is 328 g/mol. The standard InChI is InChI=1S/C17H20N4O3/c1-23-14-7-12(8-15(9-14)24-2)3-6-17(22)18-10-16-20-19-11-21(16)13-4-5-13/h3,6-9,11,13H,4-5,10H2,1-2H3,(H,18,22). The summed E-state index contributed by atoms with van der Waals surface area (Å²) < 4.78 is 12.4. The molecule has 2 aromatic rings. The molecule has 0 spiro atoms. The van der Waals surface area contributed by atoms with E-state index in [9.17, 15) is 4.79 Å². The van der Waals surface area contributed by atoms with Crippen LogP contribution in [-0.4, -0.2) is 34.9 Å². The highest BCUT2D eigenvalue weighted by Gasteiger charge is 2.25. The quantitative estimate of drug-likeness (QED) is 0.786. The Labute approximate surface area is 140 Å². The van der Waals surface area contributed by atoms with Crippen molar-refractivity contribution in [3.63, 3.8) is 0 Å². The van der Waals surface area contributed by atoms with Crippen LogP contribution in [0.15, 0.2) is 30.6 Å². The largest absolute Gasteiger partial charge is 0.497 e. The van der Waals surface area contributed by atoms with Crippen LogP contribution in [0.25, 0.3) is 6.08 Å². The van der Waals surface area contributed by atoms with Gasteiger partial charge in [0.1, 0.15) is 17.8 Å². The third kappa shape index (κ3) is 3.92. The van der Waals surface area contributed by atoms with E-state index in [2.05, 4.69) is 15.5 Å². The first-order valence-electron chi connectivity index (χ1n) is 7.77. The number of carbonyl (C=O) groups excluding carboxylic acids is 1. The van der Waals surface area contributed by atoms with E-state index < -0.39 is 0 Å². The third-order valence-electron chi connectivity index (χ3n) is 3.81. The molecule has 1 aromatic heterocycles. The fourth-order valence-corrected chi connectivity index (χ4v) is 2.37. The van der Waals surface area contributed by atoms with Crippen LogP contribution in [0.4, 0.5) is 0 Å². The molecule has 0 atom stereocenters. The number of carbonyl (C=O) groups is 1. The van der Waals surface area contributed by atoms with Crippen LogP contribution in [0.2, 0.25) is 0 Å². The van der Waals surface area contributed by atoms with Gasteiger partial charge in [-0.3, -0.25) is 4.79 Å². The van der Waals surface area contributed by atoms with Crippen LogP contribution in [0, 0.1) is 0 Å². The number of methoxy groups -OCH3 is 2. The lowest BCUT2D eigenvalue weighted by molar-refractivity contribution is -0.116. The lowest BCUT2D eigenvalue weighted by atomic mass is 10.2. The zero-order valence-electron chi connectivity index (χ0n) is 13.7. The van der Waals surface area contributed by atoms with Gasteiger partial charge in [0.2, 0.25) is 5.91 Å². The number of benzene rings is 1. The number of amides is 1. The van der Waals surface area contributed by atoms with E-state index in [0.29, 0.717) is 24.1 Å². The maximum Gasteiger partial charge on any atom is 0.244 e. The van der Waals surface area contributed by atoms with Crippen molar-refractivity contribution in [1.82, 2.24) is 20.1 Å². The highest BCUT2D eigenvalue weighted by molar-refractivity contribution is 5.91. The molecule has 0 aliphatic heterocycles. The highest BCUT2D eigenvalue weighted by atomic mass is 16.5. The lowest BCUT2D eigenvalue weighted by Gasteiger charge is -2.06. The van der Waals surface area contributed by atoms with E-state index in [4.69, 9.17) is 9.47 Å². The van der Waals surface area contributed by atoms with Crippen LogP contribution in [0.5, 0.6) is 11.5 Å². The number of ether oxygens (including phenoxy) is 2. The van der Waals surface area contributed by atoms with Gasteiger partial charge in [-0.2, -0.15) is 0 Å². The number of nitrogens with zero attached hydrogens (tertiary/aromatic N) is 3. The van der Waals surface area contributed by atoms with E-state index in [1.165, 1.54) is 6.08 Å². The van der Waals surface area contributed by atoms with Crippen molar-refractivity contribution in [2.24, 2.45) is 0 Å². The Morgan fingerprint density at radius 1 is 1.29 bits per heavy atom. The van der Waals surface area contributed by atoms with Gasteiger partial charge in [0.25, 0.3) is 0 Å². The average Bonchev–Trinajstić information content (AvgIpc) is 3.35. The van der Waals surface area contributed by atoms with Crippen LogP contribution >= 0.6 is 0 Å². The van der Waals surface area contributed by atoms with Crippen LogP contribution < -0.4 is 14.8 Å². The van der Waals surface area contributed by atoms with Gasteiger partial charge in [-0.05, 0) is 36.6 Å². The molecule has 1 heterocycles. The van der Waals surface area contributed by atoms with Gasteiger partial charge in [-0.15, -0.1) is 10.2 Å². The molecule has 126 valence electrons. The molecule has 7 nitrogen and oxygen atoms in total. The molecule has 1 aromatic carbocycles. The minimum absolute atomic E-state index is 0.192. The second kappa shape index (κ2) is 7.16. The summed E-state index contributed by atoms with van der Waals surface area (Å²) >= 11 is 0. The van der Waals surface area contributed by atoms with E-state index in [1.807, 2.05) is 16.7 Å². The Balaban J connectivity index is 1.60. The number of nitrogens with one attached hydrogen (secondary N) is 1. The van der Waals surface area contributed by atoms with Crippen LogP contribution in [0.3, 0.4) is 0 Å². The molecular weight excluding hydrogens is 308 g/mol. The molecule has 0 unspecified atom stereocenters. The van der Waals surface area contributed by atoms with Gasteiger partial charge >= 0.3 is 0 Å². The fraction of sp³-hybridized carbons (Fsp3) is 0.353. The zero-order valence-corrected chi connectivity index (χ0v) is 13.7. The third-order valence-corrected chi connectivity index (χ3v) is 3.81. The molecule has 1 N–H and O–H groups in total. The first-order chi connectivity index (χ1) is 11.7. The summed E-state index contributed by atoms with van der Waals surface area (Å²) in [7, 11) is 3.18. The highest BCUT2D eigenvalue weighted by Crippen LogP contribution is 2.35. The summed E-state index contributed by atoms with van der Waals surface area (Å²) in [5.41, 5.74) is 0.822. The van der Waals surface area contributed by atoms with Gasteiger partial charge < -0.3 is 19.4 Å². The topological polar surface area (TPSA) is 78.3 Å². The molecule has 1 fully saturated rings. The van der Waals surface area contributed by atoms with Crippen molar-refractivity contribution < 1.29 is 14.3 Å². The summed E-state index contributed by atoms with van der Waals surface area (Å²) in [4.78, 5) is 12.0. The maximum atomic E-state index is 12.0. The molecule has 1 amide bonds. The molecular formula is C17H20N4O3. The van der Waals surface area contributed by atoms with Gasteiger partial charge in [-0.25, -0.2) is 0 Å². The molecule has 1 aliphatic carbocycles. The molecule has 0 saturated heterocycles. The molecule has 0 bridgehead atoms. The molecule has 24 heavy (non-hydrogen) atoms. The fourth-order valence-electron chi connectivity index (χ4n) is 2.37. The molecule has 1 aliphatic rings. The second-order valence-electron chi connectivity index (χ2n) is 5.58. The van der Waals surface area contributed by atoms with E-state index in [1.54, 1.807) is 32.7 Å². The Morgan fingerprint density at radius 2 is 2.00 bits per heavy atom. The summed E-state index contributed by atoms with van der Waals surface area (Å²) in [5.74, 6) is 1.93. The predicted molar refractivity (Wildman–Crippen MR) is 88.7 cm³/mol. The van der Waals surface area contributed by atoms with Gasteiger partial charge in [0.15, 0.2) is 5.82 Å². The maximum absolute atomic E-state index is 12.0. The first kappa shape index (κ1) is 16.0. The van der Waals surface area contributed by atoms with Gasteiger partial charge in [0, 0.05) is 18.2 Å². The zero-order chi connectivity index (χ0) is 16.9. The number of rotatable bonds is 7. The van der Waals surface area contributed by atoms with Crippen LogP contribution in [-0.2, 0) is 11.3 Å². The first-order valence-corrected chi connectivity index (χ1v) is 7.77. The van der Waals surface area contributed by atoms with E-state index >= 15 is 0 Å². The molecule has 7 heteroatoms. The monoisotopic (exact) mass is 328 g/mol. The number of hydrogen-bond donors (Lipinski definition) is 1. The normalized spacial score (nSPS) is 13.9. The Morgan fingerprint density at radius 3 is 2.62 bits per heavy atom. The van der Waals surface area contributed by atoms with Crippen molar-refractivity contribution in [2.45, 2.75) is 25.4 Å². The number of hydrogen-bond acceptors (Lipinski definition) is 5. The predicted octanol–water partition coefficient (Wildman–Crippen LogP) is 1.96. The smallest absolute Gasteiger partial charge is 0.244 e.